The minimum absolute atomic E-state index is 0.0432. The van der Waals surface area contributed by atoms with Crippen molar-refractivity contribution in [3.05, 3.63) is 29.8 Å². The van der Waals surface area contributed by atoms with Gasteiger partial charge in [-0.2, -0.15) is 0 Å². The third kappa shape index (κ3) is 3.06. The van der Waals surface area contributed by atoms with Gasteiger partial charge >= 0.3 is 0 Å². The van der Waals surface area contributed by atoms with Crippen molar-refractivity contribution >= 4 is 15.8 Å². The molecule has 1 N–H and O–H groups in total. The maximum atomic E-state index is 12.8. The number of Topliss-reactive ketones (excluding diaryl/α,β-unsaturated/α-hetero) is 1. The molecule has 4 aliphatic carbocycles. The van der Waals surface area contributed by atoms with E-state index < -0.39 is 10.0 Å². The molecule has 4 saturated carbocycles. The Kier molecular flexibility index (Phi) is 4.08. The van der Waals surface area contributed by atoms with Crippen molar-refractivity contribution in [1.82, 2.24) is 4.72 Å². The molecule has 1 atom stereocenters. The molecule has 0 aromatic heterocycles. The standard InChI is InChI=1S/C20H27NO3S/c1-13(22)18-3-5-19(6-4-18)25(23,24)21-14(2)20-10-15-7-16(11-20)9-17(8-15)12-20/h3-6,14-17,21H,7-12H2,1-2H3/t14-,15?,16?,17?,20?/m0/s1. The molecule has 0 heterocycles. The van der Waals surface area contributed by atoms with Crippen LogP contribution in [0.4, 0.5) is 0 Å². The molecule has 5 heteroatoms. The average molecular weight is 362 g/mol. The quantitative estimate of drug-likeness (QED) is 0.812. The van der Waals surface area contributed by atoms with Crippen molar-refractivity contribution < 1.29 is 13.2 Å². The van der Waals surface area contributed by atoms with Crippen molar-refractivity contribution in [2.24, 2.45) is 23.2 Å². The van der Waals surface area contributed by atoms with Crippen LogP contribution in [-0.4, -0.2) is 20.2 Å². The number of carbonyl (C=O) groups is 1. The molecule has 0 aliphatic heterocycles. The number of hydrogen-bond acceptors (Lipinski definition) is 3. The Bertz CT molecular complexity index is 746. The van der Waals surface area contributed by atoms with Crippen LogP contribution in [-0.2, 0) is 10.0 Å². The van der Waals surface area contributed by atoms with E-state index in [1.54, 1.807) is 12.1 Å². The average Bonchev–Trinajstić information content (AvgIpc) is 2.53. The summed E-state index contributed by atoms with van der Waals surface area (Å²) in [6, 6.07) is 6.20. The molecule has 5 rings (SSSR count). The zero-order valence-electron chi connectivity index (χ0n) is 15.0. The first kappa shape index (κ1) is 17.2. The van der Waals surface area contributed by atoms with Gasteiger partial charge in [0.25, 0.3) is 0 Å². The van der Waals surface area contributed by atoms with Crippen molar-refractivity contribution in [1.29, 1.82) is 0 Å². The van der Waals surface area contributed by atoms with Gasteiger partial charge in [0.1, 0.15) is 0 Å². The monoisotopic (exact) mass is 361 g/mol. The lowest BCUT2D eigenvalue weighted by molar-refractivity contribution is -0.0666. The summed E-state index contributed by atoms with van der Waals surface area (Å²) in [6.07, 6.45) is 7.57. The molecule has 4 nitrogen and oxygen atoms in total. The summed E-state index contributed by atoms with van der Waals surface area (Å²) in [7, 11) is -3.56. The Balaban J connectivity index is 1.53. The van der Waals surface area contributed by atoms with Gasteiger partial charge in [0.05, 0.1) is 4.90 Å². The second kappa shape index (κ2) is 5.92. The Morgan fingerprint density at radius 1 is 1.04 bits per heavy atom. The summed E-state index contributed by atoms with van der Waals surface area (Å²) in [5.41, 5.74) is 0.675. The Morgan fingerprint density at radius 3 is 1.96 bits per heavy atom. The first-order chi connectivity index (χ1) is 11.8. The highest BCUT2D eigenvalue weighted by molar-refractivity contribution is 7.89. The normalized spacial score (nSPS) is 34.9. The van der Waals surface area contributed by atoms with Crippen LogP contribution in [0.2, 0.25) is 0 Å². The number of hydrogen-bond donors (Lipinski definition) is 1. The molecule has 4 bridgehead atoms. The van der Waals surface area contributed by atoms with Crippen molar-refractivity contribution in [3.63, 3.8) is 0 Å². The first-order valence-corrected chi connectivity index (χ1v) is 10.9. The van der Waals surface area contributed by atoms with E-state index in [0.717, 1.165) is 17.8 Å². The fraction of sp³-hybridized carbons (Fsp3) is 0.650. The van der Waals surface area contributed by atoms with Gasteiger partial charge in [0, 0.05) is 11.6 Å². The first-order valence-electron chi connectivity index (χ1n) is 9.41. The van der Waals surface area contributed by atoms with Crippen LogP contribution in [0.3, 0.4) is 0 Å². The molecule has 0 saturated heterocycles. The summed E-state index contributed by atoms with van der Waals surface area (Å²) in [4.78, 5) is 11.6. The number of sulfonamides is 1. The number of carbonyl (C=O) groups excluding carboxylic acids is 1. The largest absolute Gasteiger partial charge is 0.295 e. The number of nitrogens with one attached hydrogen (secondary N) is 1. The second-order valence-electron chi connectivity index (χ2n) is 8.70. The predicted molar refractivity (Wildman–Crippen MR) is 96.8 cm³/mol. The smallest absolute Gasteiger partial charge is 0.240 e. The molecular weight excluding hydrogens is 334 g/mol. The van der Waals surface area contributed by atoms with Crippen molar-refractivity contribution in [2.45, 2.75) is 63.3 Å². The van der Waals surface area contributed by atoms with Crippen LogP contribution in [0.1, 0.15) is 62.7 Å². The minimum Gasteiger partial charge on any atom is -0.295 e. The number of benzene rings is 1. The van der Waals surface area contributed by atoms with E-state index in [-0.39, 0.29) is 22.1 Å². The molecule has 25 heavy (non-hydrogen) atoms. The topological polar surface area (TPSA) is 63.2 Å². The summed E-state index contributed by atoms with van der Waals surface area (Å²) in [6.45, 7) is 3.53. The van der Waals surface area contributed by atoms with Gasteiger partial charge in [-0.1, -0.05) is 12.1 Å². The van der Waals surface area contributed by atoms with E-state index in [4.69, 9.17) is 0 Å². The van der Waals surface area contributed by atoms with E-state index in [2.05, 4.69) is 11.6 Å². The predicted octanol–water partition coefficient (Wildman–Crippen LogP) is 3.77. The van der Waals surface area contributed by atoms with Crippen LogP contribution in [0, 0.1) is 23.2 Å². The Morgan fingerprint density at radius 2 is 1.52 bits per heavy atom. The SMILES string of the molecule is CC(=O)c1ccc(S(=O)(=O)N[C@@H](C)C23CC4CC(CC(C4)C2)C3)cc1. The molecule has 4 fully saturated rings. The Hall–Kier alpha value is -1.20. The van der Waals surface area contributed by atoms with E-state index in [1.807, 2.05) is 0 Å². The molecule has 136 valence electrons. The van der Waals surface area contributed by atoms with Crippen LogP contribution in [0.5, 0.6) is 0 Å². The maximum absolute atomic E-state index is 12.8. The fourth-order valence-corrected chi connectivity index (χ4v) is 7.35. The van der Waals surface area contributed by atoms with Crippen LogP contribution in [0.25, 0.3) is 0 Å². The zero-order valence-corrected chi connectivity index (χ0v) is 15.8. The minimum atomic E-state index is -3.56. The van der Waals surface area contributed by atoms with Gasteiger partial charge in [0.15, 0.2) is 5.78 Å². The second-order valence-corrected chi connectivity index (χ2v) is 10.4. The maximum Gasteiger partial charge on any atom is 0.240 e. The van der Waals surface area contributed by atoms with E-state index >= 15 is 0 Å². The van der Waals surface area contributed by atoms with Crippen molar-refractivity contribution in [2.75, 3.05) is 0 Å². The summed E-state index contributed by atoms with van der Waals surface area (Å²) >= 11 is 0. The molecule has 1 aromatic carbocycles. The number of rotatable bonds is 5. The van der Waals surface area contributed by atoms with Gasteiger partial charge in [-0.25, -0.2) is 13.1 Å². The summed E-state index contributed by atoms with van der Waals surface area (Å²) in [5, 5.41) is 0. The van der Waals surface area contributed by atoms with Crippen molar-refractivity contribution in [3.8, 4) is 0 Å². The van der Waals surface area contributed by atoms with E-state index in [0.29, 0.717) is 5.56 Å². The summed E-state index contributed by atoms with van der Waals surface area (Å²) < 4.78 is 28.6. The molecule has 0 radical (unpaired) electrons. The molecular formula is C20H27NO3S. The third-order valence-corrected chi connectivity index (χ3v) is 8.46. The van der Waals surface area contributed by atoms with E-state index in [9.17, 15) is 13.2 Å². The van der Waals surface area contributed by atoms with Gasteiger partial charge in [-0.05, 0) is 87.7 Å². The molecule has 4 aliphatic rings. The molecule has 0 unspecified atom stereocenters. The lowest BCUT2D eigenvalue weighted by Crippen LogP contribution is -2.55. The van der Waals surface area contributed by atoms with Crippen LogP contribution >= 0.6 is 0 Å². The van der Waals surface area contributed by atoms with Gasteiger partial charge in [-0.15, -0.1) is 0 Å². The highest BCUT2D eigenvalue weighted by atomic mass is 32.2. The van der Waals surface area contributed by atoms with Crippen LogP contribution in [0.15, 0.2) is 29.2 Å². The molecule has 0 amide bonds. The van der Waals surface area contributed by atoms with Crippen LogP contribution < -0.4 is 4.72 Å². The Labute approximate surface area is 150 Å². The summed E-state index contributed by atoms with van der Waals surface area (Å²) in [5.74, 6) is 2.34. The van der Waals surface area contributed by atoms with E-state index in [1.165, 1.54) is 57.6 Å². The van der Waals surface area contributed by atoms with Gasteiger partial charge in [-0.3, -0.25) is 4.79 Å². The molecule has 0 spiro atoms. The van der Waals surface area contributed by atoms with Gasteiger partial charge < -0.3 is 0 Å². The zero-order chi connectivity index (χ0) is 17.8. The highest BCUT2D eigenvalue weighted by Crippen LogP contribution is 2.61. The fourth-order valence-electron chi connectivity index (χ4n) is 6.00. The number of ketones is 1. The molecule has 1 aromatic rings. The third-order valence-electron chi connectivity index (χ3n) is 6.91. The van der Waals surface area contributed by atoms with Gasteiger partial charge in [0.2, 0.25) is 10.0 Å². The lowest BCUT2D eigenvalue weighted by atomic mass is 9.48. The lowest BCUT2D eigenvalue weighted by Gasteiger charge is -2.59. The highest BCUT2D eigenvalue weighted by Gasteiger charge is 2.53.